The molecule has 3 nitrogen and oxygen atoms in total. The van der Waals surface area contributed by atoms with E-state index in [1.807, 2.05) is 0 Å². The SMILES string of the molecule is COc1c(F)cc2c(c1F)OC[C@@H]2N. The quantitative estimate of drug-likeness (QED) is 0.746. The lowest BCUT2D eigenvalue weighted by Gasteiger charge is -2.07. The summed E-state index contributed by atoms with van der Waals surface area (Å²) in [6.07, 6.45) is 0. The van der Waals surface area contributed by atoms with Crippen molar-refractivity contribution in [3.8, 4) is 11.5 Å². The second-order valence-electron chi connectivity index (χ2n) is 3.04. The second kappa shape index (κ2) is 3.09. The summed E-state index contributed by atoms with van der Waals surface area (Å²) in [5, 5.41) is 0. The van der Waals surface area contributed by atoms with Gasteiger partial charge >= 0.3 is 0 Å². The van der Waals surface area contributed by atoms with E-state index in [4.69, 9.17) is 10.5 Å². The van der Waals surface area contributed by atoms with Gasteiger partial charge in [0.2, 0.25) is 5.82 Å². The summed E-state index contributed by atoms with van der Waals surface area (Å²) >= 11 is 0. The molecular formula is C9H9F2NO2. The average Bonchev–Trinajstić information content (AvgIpc) is 2.49. The van der Waals surface area contributed by atoms with Gasteiger partial charge in [-0.2, -0.15) is 4.39 Å². The van der Waals surface area contributed by atoms with Crippen molar-refractivity contribution in [1.82, 2.24) is 0 Å². The molecule has 0 unspecified atom stereocenters. The first-order valence-corrected chi connectivity index (χ1v) is 4.09. The molecular weight excluding hydrogens is 192 g/mol. The van der Waals surface area contributed by atoms with E-state index in [0.29, 0.717) is 5.56 Å². The number of rotatable bonds is 1. The van der Waals surface area contributed by atoms with Crippen molar-refractivity contribution in [2.45, 2.75) is 6.04 Å². The summed E-state index contributed by atoms with van der Waals surface area (Å²) in [6, 6.07) is 0.675. The van der Waals surface area contributed by atoms with Crippen LogP contribution in [0.5, 0.6) is 11.5 Å². The molecule has 0 radical (unpaired) electrons. The maximum atomic E-state index is 13.5. The van der Waals surface area contributed by atoms with Crippen LogP contribution in [0.15, 0.2) is 6.07 Å². The molecule has 0 saturated heterocycles. The van der Waals surface area contributed by atoms with Crippen LogP contribution in [0.4, 0.5) is 8.78 Å². The molecule has 1 aromatic carbocycles. The van der Waals surface area contributed by atoms with Gasteiger partial charge in [0.05, 0.1) is 13.2 Å². The third-order valence-electron chi connectivity index (χ3n) is 2.17. The standard InChI is InChI=1S/C9H9F2NO2/c1-13-9-5(10)2-4-6(12)3-14-8(4)7(9)11/h2,6H,3,12H2,1H3/t6-/m0/s1. The highest BCUT2D eigenvalue weighted by molar-refractivity contribution is 5.47. The Bertz CT molecular complexity index is 382. The Labute approximate surface area is 79.4 Å². The van der Waals surface area contributed by atoms with Crippen molar-refractivity contribution in [3.63, 3.8) is 0 Å². The zero-order valence-electron chi connectivity index (χ0n) is 7.51. The highest BCUT2D eigenvalue weighted by Gasteiger charge is 2.28. The van der Waals surface area contributed by atoms with Crippen LogP contribution in [-0.4, -0.2) is 13.7 Å². The van der Waals surface area contributed by atoms with Crippen LogP contribution < -0.4 is 15.2 Å². The van der Waals surface area contributed by atoms with Crippen molar-refractivity contribution in [1.29, 1.82) is 0 Å². The van der Waals surface area contributed by atoms with Crippen LogP contribution in [-0.2, 0) is 0 Å². The van der Waals surface area contributed by atoms with E-state index in [1.165, 1.54) is 7.11 Å². The molecule has 5 heteroatoms. The highest BCUT2D eigenvalue weighted by atomic mass is 19.1. The summed E-state index contributed by atoms with van der Waals surface area (Å²) < 4.78 is 36.2. The molecule has 1 aliphatic heterocycles. The van der Waals surface area contributed by atoms with Crippen LogP contribution in [0.3, 0.4) is 0 Å². The van der Waals surface area contributed by atoms with E-state index in [-0.39, 0.29) is 12.4 Å². The van der Waals surface area contributed by atoms with Crippen LogP contribution in [0.1, 0.15) is 11.6 Å². The summed E-state index contributed by atoms with van der Waals surface area (Å²) in [4.78, 5) is 0. The zero-order chi connectivity index (χ0) is 10.3. The predicted octanol–water partition coefficient (Wildman–Crippen LogP) is 1.37. The van der Waals surface area contributed by atoms with Gasteiger partial charge in [-0.25, -0.2) is 4.39 Å². The molecule has 0 amide bonds. The lowest BCUT2D eigenvalue weighted by Crippen LogP contribution is -2.10. The topological polar surface area (TPSA) is 44.5 Å². The smallest absolute Gasteiger partial charge is 0.210 e. The van der Waals surface area contributed by atoms with Crippen LogP contribution in [0.25, 0.3) is 0 Å². The van der Waals surface area contributed by atoms with Crippen molar-refractivity contribution in [3.05, 3.63) is 23.3 Å². The monoisotopic (exact) mass is 201 g/mol. The molecule has 14 heavy (non-hydrogen) atoms. The third-order valence-corrected chi connectivity index (χ3v) is 2.17. The largest absolute Gasteiger partial charge is 0.491 e. The zero-order valence-corrected chi connectivity index (χ0v) is 7.51. The minimum Gasteiger partial charge on any atom is -0.491 e. The van der Waals surface area contributed by atoms with Gasteiger partial charge < -0.3 is 15.2 Å². The Morgan fingerprint density at radius 1 is 1.57 bits per heavy atom. The number of halogens is 2. The first-order chi connectivity index (χ1) is 6.65. The van der Waals surface area contributed by atoms with Gasteiger partial charge in [0.1, 0.15) is 6.61 Å². The van der Waals surface area contributed by atoms with Gasteiger partial charge in [0, 0.05) is 5.56 Å². The number of hydrogen-bond donors (Lipinski definition) is 1. The molecule has 1 atom stereocenters. The Hall–Kier alpha value is -1.36. The second-order valence-corrected chi connectivity index (χ2v) is 3.04. The molecule has 0 saturated carbocycles. The van der Waals surface area contributed by atoms with Crippen molar-refractivity contribution < 1.29 is 18.3 Å². The maximum absolute atomic E-state index is 13.5. The van der Waals surface area contributed by atoms with Crippen molar-refractivity contribution in [2.24, 2.45) is 5.73 Å². The van der Waals surface area contributed by atoms with Gasteiger partial charge in [0.15, 0.2) is 17.3 Å². The molecule has 0 aliphatic carbocycles. The molecule has 76 valence electrons. The molecule has 0 fully saturated rings. The van der Waals surface area contributed by atoms with Crippen LogP contribution >= 0.6 is 0 Å². The van der Waals surface area contributed by atoms with Gasteiger partial charge in [-0.3, -0.25) is 0 Å². The fraction of sp³-hybridized carbons (Fsp3) is 0.333. The summed E-state index contributed by atoms with van der Waals surface area (Å²) in [7, 11) is 1.20. The maximum Gasteiger partial charge on any atom is 0.210 e. The number of benzene rings is 1. The molecule has 1 heterocycles. The Kier molecular flexibility index (Phi) is 2.03. The first-order valence-electron chi connectivity index (χ1n) is 4.09. The molecule has 2 rings (SSSR count). The van der Waals surface area contributed by atoms with E-state index >= 15 is 0 Å². The Balaban J connectivity index is 2.63. The van der Waals surface area contributed by atoms with E-state index < -0.39 is 23.4 Å². The van der Waals surface area contributed by atoms with Gasteiger partial charge in [0.25, 0.3) is 0 Å². The van der Waals surface area contributed by atoms with E-state index in [0.717, 1.165) is 6.07 Å². The highest BCUT2D eigenvalue weighted by Crippen LogP contribution is 2.39. The minimum atomic E-state index is -0.824. The van der Waals surface area contributed by atoms with Crippen molar-refractivity contribution >= 4 is 0 Å². The van der Waals surface area contributed by atoms with E-state index in [9.17, 15) is 8.78 Å². The number of nitrogens with two attached hydrogens (primary N) is 1. The van der Waals surface area contributed by atoms with Gasteiger partial charge in [-0.05, 0) is 6.07 Å². The fourth-order valence-electron chi connectivity index (χ4n) is 1.47. The average molecular weight is 201 g/mol. The third kappa shape index (κ3) is 1.13. The normalized spacial score (nSPS) is 19.0. The Morgan fingerprint density at radius 2 is 2.29 bits per heavy atom. The Morgan fingerprint density at radius 3 is 2.93 bits per heavy atom. The summed E-state index contributed by atoms with van der Waals surface area (Å²) in [5.41, 5.74) is 5.92. The number of fused-ring (bicyclic) bond motifs is 1. The number of ether oxygens (including phenoxy) is 2. The predicted molar refractivity (Wildman–Crippen MR) is 45.3 cm³/mol. The molecule has 1 aromatic rings. The van der Waals surface area contributed by atoms with Gasteiger partial charge in [-0.1, -0.05) is 0 Å². The molecule has 1 aliphatic rings. The summed E-state index contributed by atoms with van der Waals surface area (Å²) in [6.45, 7) is 0.166. The van der Waals surface area contributed by atoms with Gasteiger partial charge in [-0.15, -0.1) is 0 Å². The van der Waals surface area contributed by atoms with E-state index in [2.05, 4.69) is 4.74 Å². The first kappa shape index (κ1) is 9.21. The fourth-order valence-corrected chi connectivity index (χ4v) is 1.47. The van der Waals surface area contributed by atoms with Crippen LogP contribution in [0.2, 0.25) is 0 Å². The molecule has 2 N–H and O–H groups in total. The minimum absolute atomic E-state index is 0.00394. The molecule has 0 spiro atoms. The number of hydrogen-bond acceptors (Lipinski definition) is 3. The lowest BCUT2D eigenvalue weighted by atomic mass is 10.1. The summed E-state index contributed by atoms with van der Waals surface area (Å²) in [5.74, 6) is -2.02. The number of methoxy groups -OCH3 is 1. The molecule has 0 aromatic heterocycles. The van der Waals surface area contributed by atoms with Crippen LogP contribution in [0, 0.1) is 11.6 Å². The van der Waals surface area contributed by atoms with Crippen molar-refractivity contribution in [2.75, 3.05) is 13.7 Å². The van der Waals surface area contributed by atoms with E-state index in [1.54, 1.807) is 0 Å². The molecule has 0 bridgehead atoms. The lowest BCUT2D eigenvalue weighted by molar-refractivity contribution is 0.305.